The topological polar surface area (TPSA) is 123 Å². The lowest BCUT2D eigenvalue weighted by atomic mass is 9.96. The van der Waals surface area contributed by atoms with Crippen LogP contribution in [0.1, 0.15) is 44.9 Å². The predicted molar refractivity (Wildman–Crippen MR) is 118 cm³/mol. The lowest BCUT2D eigenvalue weighted by Gasteiger charge is -2.30. The summed E-state index contributed by atoms with van der Waals surface area (Å²) in [5.74, 6) is -0.934. The number of amides is 3. The molecule has 1 aliphatic rings. The molecule has 1 aromatic carbocycles. The molecule has 3 heterocycles. The van der Waals surface area contributed by atoms with E-state index in [1.54, 1.807) is 17.0 Å². The second-order valence-electron chi connectivity index (χ2n) is 7.99. The third-order valence-corrected chi connectivity index (χ3v) is 5.90. The Morgan fingerprint density at radius 3 is 2.50 bits per heavy atom. The van der Waals surface area contributed by atoms with Crippen molar-refractivity contribution in [3.63, 3.8) is 0 Å². The molecule has 0 atom stereocenters. The van der Waals surface area contributed by atoms with E-state index in [0.717, 1.165) is 11.1 Å². The van der Waals surface area contributed by atoms with E-state index in [2.05, 4.69) is 10.4 Å². The number of hydrogen-bond acceptors (Lipinski definition) is 5. The van der Waals surface area contributed by atoms with Crippen molar-refractivity contribution in [1.29, 1.82) is 0 Å². The van der Waals surface area contributed by atoms with Crippen molar-refractivity contribution in [3.05, 3.63) is 65.2 Å². The zero-order chi connectivity index (χ0) is 22.8. The standard InChI is InChI=1S/C23H25N5O4/c1-14-5-6-17(12-15(14)2)28-21(26-22(30)19-4-3-11-32-19)18(13-25-28)23(31)27-9-7-16(8-10-27)20(24)29/h3-6,11-13,16H,7-10H2,1-2H3,(H2,24,29)(H,26,30). The molecule has 9 nitrogen and oxygen atoms in total. The van der Waals surface area contributed by atoms with Gasteiger partial charge in [-0.2, -0.15) is 5.10 Å². The van der Waals surface area contributed by atoms with Gasteiger partial charge in [0.1, 0.15) is 11.4 Å². The van der Waals surface area contributed by atoms with Crippen LogP contribution in [-0.4, -0.2) is 45.5 Å². The average Bonchev–Trinajstić information content (AvgIpc) is 3.46. The Bertz CT molecular complexity index is 1160. The van der Waals surface area contributed by atoms with Gasteiger partial charge in [0.25, 0.3) is 11.8 Å². The Kier molecular flexibility index (Phi) is 5.81. The number of carbonyl (C=O) groups is 3. The van der Waals surface area contributed by atoms with Crippen LogP contribution in [0.25, 0.3) is 5.69 Å². The summed E-state index contributed by atoms with van der Waals surface area (Å²) in [5, 5.41) is 7.19. The van der Waals surface area contributed by atoms with E-state index in [-0.39, 0.29) is 34.9 Å². The maximum absolute atomic E-state index is 13.3. The first-order valence-electron chi connectivity index (χ1n) is 10.4. The minimum absolute atomic E-state index is 0.124. The van der Waals surface area contributed by atoms with Crippen molar-refractivity contribution < 1.29 is 18.8 Å². The largest absolute Gasteiger partial charge is 0.459 e. The number of hydrogen-bond donors (Lipinski definition) is 2. The second kappa shape index (κ2) is 8.70. The fourth-order valence-corrected chi connectivity index (χ4v) is 3.79. The highest BCUT2D eigenvalue weighted by Crippen LogP contribution is 2.26. The van der Waals surface area contributed by atoms with Gasteiger partial charge in [-0.15, -0.1) is 0 Å². The molecule has 0 saturated carbocycles. The van der Waals surface area contributed by atoms with Crippen LogP contribution in [0.3, 0.4) is 0 Å². The predicted octanol–water partition coefficient (Wildman–Crippen LogP) is 2.67. The van der Waals surface area contributed by atoms with Gasteiger partial charge in [0.2, 0.25) is 5.91 Å². The van der Waals surface area contributed by atoms with Gasteiger partial charge in [0.05, 0.1) is 18.1 Å². The number of nitrogens with zero attached hydrogens (tertiary/aromatic N) is 3. The quantitative estimate of drug-likeness (QED) is 0.638. The van der Waals surface area contributed by atoms with Gasteiger partial charge in [0, 0.05) is 19.0 Å². The fraction of sp³-hybridized carbons (Fsp3) is 0.304. The van der Waals surface area contributed by atoms with Gasteiger partial charge in [-0.05, 0) is 62.1 Å². The first kappa shape index (κ1) is 21.4. The molecule has 0 radical (unpaired) electrons. The monoisotopic (exact) mass is 435 g/mol. The molecule has 1 aliphatic heterocycles. The molecule has 1 fully saturated rings. The van der Waals surface area contributed by atoms with Gasteiger partial charge in [-0.1, -0.05) is 6.07 Å². The van der Waals surface area contributed by atoms with Gasteiger partial charge in [-0.25, -0.2) is 4.68 Å². The summed E-state index contributed by atoms with van der Waals surface area (Å²) >= 11 is 0. The van der Waals surface area contributed by atoms with Crippen LogP contribution in [0.15, 0.2) is 47.2 Å². The van der Waals surface area contributed by atoms with Crippen LogP contribution in [-0.2, 0) is 4.79 Å². The number of anilines is 1. The molecule has 4 rings (SSSR count). The van der Waals surface area contributed by atoms with E-state index in [4.69, 9.17) is 10.2 Å². The third-order valence-electron chi connectivity index (χ3n) is 5.90. The number of carbonyl (C=O) groups excluding carboxylic acids is 3. The number of nitrogens with two attached hydrogens (primary N) is 1. The molecule has 3 amide bonds. The second-order valence-corrected chi connectivity index (χ2v) is 7.99. The van der Waals surface area contributed by atoms with Crippen LogP contribution in [0.4, 0.5) is 5.82 Å². The molecule has 32 heavy (non-hydrogen) atoms. The van der Waals surface area contributed by atoms with Crippen LogP contribution >= 0.6 is 0 Å². The van der Waals surface area contributed by atoms with Crippen LogP contribution in [0.5, 0.6) is 0 Å². The van der Waals surface area contributed by atoms with E-state index in [0.29, 0.717) is 31.6 Å². The first-order chi connectivity index (χ1) is 15.3. The van der Waals surface area contributed by atoms with Crippen molar-refractivity contribution in [1.82, 2.24) is 14.7 Å². The summed E-state index contributed by atoms with van der Waals surface area (Å²) in [4.78, 5) is 39.1. The highest BCUT2D eigenvalue weighted by atomic mass is 16.3. The number of piperidine rings is 1. The molecule has 2 aromatic heterocycles. The van der Waals surface area contributed by atoms with Crippen LogP contribution in [0.2, 0.25) is 0 Å². The zero-order valence-electron chi connectivity index (χ0n) is 18.0. The maximum atomic E-state index is 13.3. The van der Waals surface area contributed by atoms with Crippen LogP contribution < -0.4 is 11.1 Å². The highest BCUT2D eigenvalue weighted by Gasteiger charge is 2.30. The third kappa shape index (κ3) is 4.14. The molecular weight excluding hydrogens is 410 g/mol. The molecule has 3 aromatic rings. The maximum Gasteiger partial charge on any atom is 0.292 e. The minimum atomic E-state index is -0.484. The SMILES string of the molecule is Cc1ccc(-n2ncc(C(=O)N3CCC(C(N)=O)CC3)c2NC(=O)c2ccco2)cc1C. The molecule has 0 bridgehead atoms. The minimum Gasteiger partial charge on any atom is -0.459 e. The lowest BCUT2D eigenvalue weighted by molar-refractivity contribution is -0.123. The van der Waals surface area contributed by atoms with E-state index in [1.165, 1.54) is 17.1 Å². The number of aryl methyl sites for hydroxylation is 2. The van der Waals surface area contributed by atoms with Crippen molar-refractivity contribution in [2.24, 2.45) is 11.7 Å². The summed E-state index contributed by atoms with van der Waals surface area (Å²) in [7, 11) is 0. The van der Waals surface area contributed by atoms with Crippen molar-refractivity contribution >= 4 is 23.5 Å². The van der Waals surface area contributed by atoms with Crippen molar-refractivity contribution in [3.8, 4) is 5.69 Å². The number of benzene rings is 1. The Morgan fingerprint density at radius 1 is 1.12 bits per heavy atom. The Labute approximate surface area is 185 Å². The van der Waals surface area contributed by atoms with Gasteiger partial charge in [0.15, 0.2) is 5.76 Å². The molecule has 3 N–H and O–H groups in total. The Hall–Kier alpha value is -3.88. The van der Waals surface area contributed by atoms with E-state index < -0.39 is 5.91 Å². The number of nitrogens with one attached hydrogen (secondary N) is 1. The molecule has 0 spiro atoms. The summed E-state index contributed by atoms with van der Waals surface area (Å²) in [5.41, 5.74) is 8.56. The summed E-state index contributed by atoms with van der Waals surface area (Å²) in [6.45, 7) is 4.81. The van der Waals surface area contributed by atoms with Crippen molar-refractivity contribution in [2.45, 2.75) is 26.7 Å². The lowest BCUT2D eigenvalue weighted by Crippen LogP contribution is -2.41. The summed E-state index contributed by atoms with van der Waals surface area (Å²) in [6.07, 6.45) is 3.89. The number of aromatic nitrogens is 2. The van der Waals surface area contributed by atoms with Gasteiger partial charge >= 0.3 is 0 Å². The normalized spacial score (nSPS) is 14.4. The molecule has 9 heteroatoms. The first-order valence-corrected chi connectivity index (χ1v) is 10.4. The molecular formula is C23H25N5O4. The van der Waals surface area contributed by atoms with E-state index in [1.807, 2.05) is 32.0 Å². The average molecular weight is 435 g/mol. The smallest absolute Gasteiger partial charge is 0.292 e. The summed E-state index contributed by atoms with van der Waals surface area (Å²) < 4.78 is 6.73. The van der Waals surface area contributed by atoms with Gasteiger partial charge < -0.3 is 20.4 Å². The van der Waals surface area contributed by atoms with E-state index >= 15 is 0 Å². The number of furan rings is 1. The fourth-order valence-electron chi connectivity index (χ4n) is 3.79. The summed E-state index contributed by atoms with van der Waals surface area (Å²) in [6, 6.07) is 8.94. The molecule has 1 saturated heterocycles. The van der Waals surface area contributed by atoms with Crippen LogP contribution in [0, 0.1) is 19.8 Å². The highest BCUT2D eigenvalue weighted by molar-refractivity contribution is 6.07. The van der Waals surface area contributed by atoms with Crippen molar-refractivity contribution in [2.75, 3.05) is 18.4 Å². The number of rotatable bonds is 5. The van der Waals surface area contributed by atoms with E-state index in [9.17, 15) is 14.4 Å². The molecule has 0 unspecified atom stereocenters. The number of primary amides is 1. The Morgan fingerprint density at radius 2 is 1.88 bits per heavy atom. The van der Waals surface area contributed by atoms with Gasteiger partial charge in [-0.3, -0.25) is 14.4 Å². The zero-order valence-corrected chi connectivity index (χ0v) is 18.0. The molecule has 0 aliphatic carbocycles. The number of likely N-dealkylation sites (tertiary alicyclic amines) is 1. The molecule has 166 valence electrons. The Balaban J connectivity index is 1.68.